The number of halogens is 1. The SMILES string of the molecule is CCCCn1nc(C)c(/C=N\NC(=S)NC)c1Cl. The minimum absolute atomic E-state index is 0.457. The highest BCUT2D eigenvalue weighted by molar-refractivity contribution is 7.80. The van der Waals surface area contributed by atoms with E-state index in [4.69, 9.17) is 23.8 Å². The lowest BCUT2D eigenvalue weighted by molar-refractivity contribution is 0.569. The summed E-state index contributed by atoms with van der Waals surface area (Å²) in [6.07, 6.45) is 3.80. The number of nitrogens with zero attached hydrogens (tertiary/aromatic N) is 3. The predicted octanol–water partition coefficient (Wildman–Crippen LogP) is 2.07. The highest BCUT2D eigenvalue weighted by Gasteiger charge is 2.10. The molecule has 1 heterocycles. The van der Waals surface area contributed by atoms with E-state index >= 15 is 0 Å². The average Bonchev–Trinajstić information content (AvgIpc) is 2.63. The van der Waals surface area contributed by atoms with E-state index < -0.39 is 0 Å². The first-order chi connectivity index (χ1) is 8.60. The van der Waals surface area contributed by atoms with Crippen LogP contribution in [0.25, 0.3) is 0 Å². The Morgan fingerprint density at radius 1 is 1.61 bits per heavy atom. The standard InChI is InChI=1S/C11H18ClN5S/c1-4-5-6-17-10(12)9(8(2)16-17)7-14-15-11(18)13-3/h7H,4-6H2,1-3H3,(H2,13,15,18)/b14-7-. The van der Waals surface area contributed by atoms with Crippen LogP contribution in [0.1, 0.15) is 31.0 Å². The molecule has 100 valence electrons. The lowest BCUT2D eigenvalue weighted by atomic mass is 10.3. The minimum atomic E-state index is 0.457. The first kappa shape index (κ1) is 14.9. The van der Waals surface area contributed by atoms with Crippen LogP contribution in [0.2, 0.25) is 5.15 Å². The van der Waals surface area contributed by atoms with Gasteiger partial charge in [-0.25, -0.2) is 0 Å². The third-order valence-electron chi connectivity index (χ3n) is 2.42. The molecule has 1 aromatic rings. The third-order valence-corrected chi connectivity index (χ3v) is 3.11. The van der Waals surface area contributed by atoms with Crippen LogP contribution in [0.3, 0.4) is 0 Å². The molecule has 0 amide bonds. The van der Waals surface area contributed by atoms with Crippen LogP contribution in [0.15, 0.2) is 5.10 Å². The Hall–Kier alpha value is -1.14. The second kappa shape index (κ2) is 7.33. The largest absolute Gasteiger partial charge is 0.364 e. The van der Waals surface area contributed by atoms with Gasteiger partial charge in [0.15, 0.2) is 5.11 Å². The number of aryl methyl sites for hydroxylation is 2. The van der Waals surface area contributed by atoms with Crippen molar-refractivity contribution in [2.45, 2.75) is 33.2 Å². The molecule has 2 N–H and O–H groups in total. The zero-order valence-electron chi connectivity index (χ0n) is 10.8. The van der Waals surface area contributed by atoms with E-state index in [2.05, 4.69) is 27.9 Å². The summed E-state index contributed by atoms with van der Waals surface area (Å²) < 4.78 is 1.80. The van der Waals surface area contributed by atoms with Gasteiger partial charge in [0, 0.05) is 13.6 Å². The molecular formula is C11H18ClN5S. The molecule has 0 spiro atoms. The van der Waals surface area contributed by atoms with Crippen LogP contribution >= 0.6 is 23.8 Å². The van der Waals surface area contributed by atoms with Gasteiger partial charge in [-0.3, -0.25) is 10.1 Å². The number of aromatic nitrogens is 2. The van der Waals surface area contributed by atoms with E-state index in [0.717, 1.165) is 30.6 Å². The number of thiocarbonyl (C=S) groups is 1. The van der Waals surface area contributed by atoms with Gasteiger partial charge in [-0.1, -0.05) is 24.9 Å². The molecule has 0 atom stereocenters. The molecule has 0 aliphatic heterocycles. The van der Waals surface area contributed by atoms with Crippen LogP contribution in [0.5, 0.6) is 0 Å². The highest BCUT2D eigenvalue weighted by Crippen LogP contribution is 2.18. The van der Waals surface area contributed by atoms with Gasteiger partial charge < -0.3 is 5.32 Å². The maximum Gasteiger partial charge on any atom is 0.186 e. The Bertz CT molecular complexity index is 441. The normalized spacial score (nSPS) is 10.9. The first-order valence-corrected chi connectivity index (χ1v) is 6.62. The van der Waals surface area contributed by atoms with Crippen molar-refractivity contribution in [1.82, 2.24) is 20.5 Å². The lowest BCUT2D eigenvalue weighted by Crippen LogP contribution is -2.28. The number of hydrazone groups is 1. The molecule has 0 unspecified atom stereocenters. The van der Waals surface area contributed by atoms with Gasteiger partial charge in [-0.15, -0.1) is 0 Å². The van der Waals surface area contributed by atoms with Gasteiger partial charge in [-0.05, 0) is 25.6 Å². The minimum Gasteiger partial charge on any atom is -0.364 e. The van der Waals surface area contributed by atoms with Gasteiger partial charge in [0.2, 0.25) is 0 Å². The third kappa shape index (κ3) is 3.96. The van der Waals surface area contributed by atoms with Crippen molar-refractivity contribution in [2.24, 2.45) is 5.10 Å². The number of nitrogens with one attached hydrogen (secondary N) is 2. The molecule has 1 rings (SSSR count). The van der Waals surface area contributed by atoms with Crippen molar-refractivity contribution >= 4 is 35.1 Å². The average molecular weight is 288 g/mol. The summed E-state index contributed by atoms with van der Waals surface area (Å²) in [5.74, 6) is 0. The van der Waals surface area contributed by atoms with E-state index in [1.807, 2.05) is 6.92 Å². The fourth-order valence-corrected chi connectivity index (χ4v) is 1.74. The molecule has 1 aromatic heterocycles. The molecule has 0 radical (unpaired) electrons. The molecule has 0 aromatic carbocycles. The Balaban J connectivity index is 2.76. The van der Waals surface area contributed by atoms with Crippen LogP contribution < -0.4 is 10.7 Å². The summed E-state index contributed by atoms with van der Waals surface area (Å²) in [7, 11) is 1.73. The van der Waals surface area contributed by atoms with E-state index in [1.54, 1.807) is 17.9 Å². The van der Waals surface area contributed by atoms with Crippen LogP contribution in [-0.4, -0.2) is 28.2 Å². The molecule has 18 heavy (non-hydrogen) atoms. The van der Waals surface area contributed by atoms with Gasteiger partial charge >= 0.3 is 0 Å². The van der Waals surface area contributed by atoms with Crippen molar-refractivity contribution < 1.29 is 0 Å². The lowest BCUT2D eigenvalue weighted by Gasteiger charge is -2.01. The number of rotatable bonds is 5. The van der Waals surface area contributed by atoms with Crippen LogP contribution in [-0.2, 0) is 6.54 Å². The summed E-state index contributed by atoms with van der Waals surface area (Å²) in [5, 5.41) is 12.2. The van der Waals surface area contributed by atoms with Crippen molar-refractivity contribution in [2.75, 3.05) is 7.05 Å². The monoisotopic (exact) mass is 287 g/mol. The first-order valence-electron chi connectivity index (χ1n) is 5.83. The zero-order valence-corrected chi connectivity index (χ0v) is 12.4. The summed E-state index contributed by atoms with van der Waals surface area (Å²) >= 11 is 11.2. The predicted molar refractivity (Wildman–Crippen MR) is 79.3 cm³/mol. The molecule has 0 saturated heterocycles. The summed E-state index contributed by atoms with van der Waals surface area (Å²) in [6.45, 7) is 4.87. The number of hydrogen-bond acceptors (Lipinski definition) is 3. The van der Waals surface area contributed by atoms with Gasteiger partial charge in [0.1, 0.15) is 5.15 Å². The quantitative estimate of drug-likeness (QED) is 0.495. The van der Waals surface area contributed by atoms with Crippen LogP contribution in [0.4, 0.5) is 0 Å². The molecular weight excluding hydrogens is 270 g/mol. The Morgan fingerprint density at radius 2 is 2.33 bits per heavy atom. The Kier molecular flexibility index (Phi) is 6.07. The van der Waals surface area contributed by atoms with E-state index in [-0.39, 0.29) is 0 Å². The second-order valence-corrected chi connectivity index (χ2v) is 4.58. The van der Waals surface area contributed by atoms with E-state index in [0.29, 0.717) is 10.3 Å². The topological polar surface area (TPSA) is 54.2 Å². The smallest absolute Gasteiger partial charge is 0.186 e. The molecule has 0 bridgehead atoms. The van der Waals surface area contributed by atoms with Crippen molar-refractivity contribution in [3.05, 3.63) is 16.4 Å². The second-order valence-electron chi connectivity index (χ2n) is 3.82. The van der Waals surface area contributed by atoms with Crippen LogP contribution in [0, 0.1) is 6.92 Å². The fourth-order valence-electron chi connectivity index (χ4n) is 1.38. The fraction of sp³-hybridized carbons (Fsp3) is 0.545. The van der Waals surface area contributed by atoms with Crippen molar-refractivity contribution in [3.8, 4) is 0 Å². The molecule has 7 heteroatoms. The van der Waals surface area contributed by atoms with Crippen molar-refractivity contribution in [1.29, 1.82) is 0 Å². The molecule has 5 nitrogen and oxygen atoms in total. The summed E-state index contributed by atoms with van der Waals surface area (Å²) in [6, 6.07) is 0. The molecule has 0 aliphatic rings. The van der Waals surface area contributed by atoms with Gasteiger partial charge in [0.25, 0.3) is 0 Å². The van der Waals surface area contributed by atoms with Gasteiger partial charge in [-0.2, -0.15) is 10.2 Å². The molecule has 0 saturated carbocycles. The summed E-state index contributed by atoms with van der Waals surface area (Å²) in [5.41, 5.74) is 4.36. The molecule has 0 aliphatic carbocycles. The van der Waals surface area contributed by atoms with E-state index in [1.165, 1.54) is 0 Å². The van der Waals surface area contributed by atoms with Gasteiger partial charge in [0.05, 0.1) is 17.5 Å². The maximum atomic E-state index is 6.25. The van der Waals surface area contributed by atoms with Crippen molar-refractivity contribution in [3.63, 3.8) is 0 Å². The number of unbranched alkanes of at least 4 members (excludes halogenated alkanes) is 1. The maximum absolute atomic E-state index is 6.25. The van der Waals surface area contributed by atoms with E-state index in [9.17, 15) is 0 Å². The summed E-state index contributed by atoms with van der Waals surface area (Å²) in [4.78, 5) is 0. The Labute approximate surface area is 118 Å². The zero-order chi connectivity index (χ0) is 13.5. The Morgan fingerprint density at radius 3 is 2.94 bits per heavy atom. The molecule has 0 fully saturated rings. The highest BCUT2D eigenvalue weighted by atomic mass is 35.5. The number of hydrogen-bond donors (Lipinski definition) is 2.